The average molecular weight is 1030 g/mol. The Morgan fingerprint density at radius 3 is 1.47 bits per heavy atom. The molecule has 3 aromatic heterocycles. The molecule has 4 aliphatic carbocycles. The molecule has 7 heterocycles. The fourth-order valence-corrected chi connectivity index (χ4v) is 11.0. The van der Waals surface area contributed by atoms with Gasteiger partial charge in [-0.25, -0.2) is 4.39 Å². The number of nitrogens with zero attached hydrogens (tertiary/aromatic N) is 6. The Bertz CT molecular complexity index is 3240. The molecule has 380 valence electrons. The van der Waals surface area contributed by atoms with E-state index in [1.165, 1.54) is 24.7 Å². The van der Waals surface area contributed by atoms with Crippen LogP contribution in [0.4, 0.5) is 38.5 Å². The van der Waals surface area contributed by atoms with Crippen LogP contribution in [0.25, 0.3) is 0 Å². The highest BCUT2D eigenvalue weighted by atomic mass is 35.5. The van der Waals surface area contributed by atoms with E-state index in [1.54, 1.807) is 36.7 Å². The topological polar surface area (TPSA) is 196 Å². The monoisotopic (exact) mass is 1030 g/mol. The lowest BCUT2D eigenvalue weighted by molar-refractivity contribution is -0.124. The summed E-state index contributed by atoms with van der Waals surface area (Å²) < 4.78 is 19.0. The molecule has 0 bridgehead atoms. The van der Waals surface area contributed by atoms with Crippen molar-refractivity contribution >= 4 is 81.2 Å². The van der Waals surface area contributed by atoms with Crippen molar-refractivity contribution < 1.29 is 37.9 Å². The molecular weight excluding hydrogens is 977 g/mol. The van der Waals surface area contributed by atoms with Crippen LogP contribution in [-0.2, 0) is 35.4 Å². The quantitative estimate of drug-likeness (QED) is 0.126. The summed E-state index contributed by atoms with van der Waals surface area (Å²) in [6, 6.07) is 23.9. The summed E-state index contributed by atoms with van der Waals surface area (Å²) in [7, 11) is 0. The van der Waals surface area contributed by atoms with Crippen molar-refractivity contribution in [3.05, 3.63) is 160 Å². The number of rotatable bonds is 9. The minimum absolute atomic E-state index is 0.0516. The van der Waals surface area contributed by atoms with Crippen molar-refractivity contribution in [3.8, 4) is 0 Å². The zero-order valence-corrected chi connectivity index (χ0v) is 41.8. The maximum atomic E-state index is 13.7. The van der Waals surface area contributed by atoms with Gasteiger partial charge in [0, 0.05) is 65.7 Å². The molecule has 6 amide bonds. The predicted molar refractivity (Wildman–Crippen MR) is 279 cm³/mol. The summed E-state index contributed by atoms with van der Waals surface area (Å²) in [5.74, 6) is -1.15. The van der Waals surface area contributed by atoms with Crippen molar-refractivity contribution in [1.82, 2.24) is 15.0 Å². The van der Waals surface area contributed by atoms with Crippen molar-refractivity contribution in [1.29, 1.82) is 0 Å². The number of anilines is 6. The lowest BCUT2D eigenvalue weighted by Gasteiger charge is -2.35. The SMILES string of the molecule is CC1(C)C(=O)N(C2COC2)c2cc(NC(=O)c3ccncc3)ccc21.O=C(Nc1ccc2c(c1)N(C1CC1)C(=O)C21CC1)c1ccncc1Cl.O=C(Nc1ccc2c(c1)N(C1CC1)C(=O)C21CC1)c1ccncc1F. The number of carbonyl (C=O) groups is 6. The van der Waals surface area contributed by atoms with Gasteiger partial charge < -0.3 is 35.4 Å². The van der Waals surface area contributed by atoms with Gasteiger partial charge in [-0.1, -0.05) is 29.8 Å². The summed E-state index contributed by atoms with van der Waals surface area (Å²) in [5.41, 5.74) is 7.47. The van der Waals surface area contributed by atoms with E-state index >= 15 is 0 Å². The Hall–Kier alpha value is -7.89. The molecular formula is C57H51ClFN9O7. The standard InChI is InChI=1S/C19H16ClN3O2.C19H16FN3O2.C19H19N3O3/c2*20-15-10-21-8-5-13(15)17(24)22-11-1-4-14-16(9-11)23(12-2-3-12)18(25)19(14)6-7-19;1-19(2)15-4-3-13(21-17(23)12-5-7-20-8-6-12)9-16(15)22(18(19)24)14-10-25-11-14/h2*1,4-5,8-10,12H,2-3,6-7H2,(H,22,24);3-9,14H,10-11H2,1-2H3,(H,21,23). The fourth-order valence-electron chi connectivity index (χ4n) is 10.8. The summed E-state index contributed by atoms with van der Waals surface area (Å²) in [5, 5.41) is 8.81. The molecule has 75 heavy (non-hydrogen) atoms. The van der Waals surface area contributed by atoms with Crippen LogP contribution < -0.4 is 30.7 Å². The second-order valence-electron chi connectivity index (χ2n) is 21.0. The van der Waals surface area contributed by atoms with E-state index in [-0.39, 0.29) is 58.0 Å². The molecule has 5 fully saturated rings. The Balaban J connectivity index is 0.000000114. The number of ether oxygens (including phenoxy) is 1. The molecule has 18 heteroatoms. The van der Waals surface area contributed by atoms with Crippen LogP contribution >= 0.6 is 11.6 Å². The maximum absolute atomic E-state index is 13.7. The first-order chi connectivity index (χ1) is 36.2. The van der Waals surface area contributed by atoms with Gasteiger partial charge in [0.25, 0.3) is 17.7 Å². The molecule has 0 atom stereocenters. The molecule has 6 aromatic rings. The van der Waals surface area contributed by atoms with Gasteiger partial charge in [0.1, 0.15) is 0 Å². The number of pyridine rings is 3. The highest BCUT2D eigenvalue weighted by Crippen LogP contribution is 2.61. The molecule has 3 aromatic carbocycles. The first kappa shape index (κ1) is 48.1. The largest absolute Gasteiger partial charge is 0.377 e. The molecule has 0 unspecified atom stereocenters. The van der Waals surface area contributed by atoms with E-state index in [0.29, 0.717) is 52.5 Å². The minimum Gasteiger partial charge on any atom is -0.377 e. The third kappa shape index (κ3) is 8.47. The van der Waals surface area contributed by atoms with Crippen LogP contribution in [0.3, 0.4) is 0 Å². The normalized spacial score (nSPS) is 19.5. The summed E-state index contributed by atoms with van der Waals surface area (Å²) in [4.78, 5) is 92.8. The van der Waals surface area contributed by atoms with E-state index < -0.39 is 17.1 Å². The second-order valence-corrected chi connectivity index (χ2v) is 21.4. The molecule has 2 spiro atoms. The van der Waals surface area contributed by atoms with Gasteiger partial charge >= 0.3 is 0 Å². The van der Waals surface area contributed by atoms with Crippen LogP contribution in [0.1, 0.15) is 113 Å². The lowest BCUT2D eigenvalue weighted by atomic mass is 9.86. The molecule has 14 rings (SSSR count). The summed E-state index contributed by atoms with van der Waals surface area (Å²) >= 11 is 6.04. The number of hydrogen-bond donors (Lipinski definition) is 3. The van der Waals surface area contributed by atoms with E-state index in [4.69, 9.17) is 16.3 Å². The Morgan fingerprint density at radius 2 is 1.00 bits per heavy atom. The van der Waals surface area contributed by atoms with Crippen molar-refractivity contribution in [2.75, 3.05) is 43.9 Å². The first-order valence-electron chi connectivity index (χ1n) is 25.2. The van der Waals surface area contributed by atoms with Gasteiger partial charge in [-0.3, -0.25) is 43.7 Å². The number of aromatic nitrogens is 3. The Kier molecular flexibility index (Phi) is 11.7. The Morgan fingerprint density at radius 1 is 0.560 bits per heavy atom. The van der Waals surface area contributed by atoms with Crippen molar-refractivity contribution in [2.45, 2.75) is 99.6 Å². The van der Waals surface area contributed by atoms with Crippen LogP contribution in [-0.4, -0.2) is 81.7 Å². The first-order valence-corrected chi connectivity index (χ1v) is 25.6. The third-order valence-corrected chi connectivity index (χ3v) is 15.8. The Labute approximate surface area is 436 Å². The molecule has 16 nitrogen and oxygen atoms in total. The zero-order valence-electron chi connectivity index (χ0n) is 41.1. The van der Waals surface area contributed by atoms with Gasteiger partial charge in [0.2, 0.25) is 17.7 Å². The molecule has 4 saturated carbocycles. The molecule has 1 saturated heterocycles. The van der Waals surface area contributed by atoms with Crippen LogP contribution in [0.2, 0.25) is 5.02 Å². The number of benzene rings is 3. The summed E-state index contributed by atoms with van der Waals surface area (Å²) in [6.45, 7) is 4.97. The van der Waals surface area contributed by atoms with Crippen molar-refractivity contribution in [2.24, 2.45) is 0 Å². The predicted octanol–water partition coefficient (Wildman–Crippen LogP) is 8.90. The van der Waals surface area contributed by atoms with E-state index in [0.717, 1.165) is 91.3 Å². The zero-order chi connectivity index (χ0) is 52.0. The van der Waals surface area contributed by atoms with Crippen LogP contribution in [0, 0.1) is 5.82 Å². The third-order valence-electron chi connectivity index (χ3n) is 15.5. The molecule has 3 N–H and O–H groups in total. The van der Waals surface area contributed by atoms with Gasteiger partial charge in [0.15, 0.2) is 5.82 Å². The minimum atomic E-state index is -0.659. The number of hydrogen-bond acceptors (Lipinski definition) is 10. The maximum Gasteiger partial charge on any atom is 0.258 e. The van der Waals surface area contributed by atoms with Crippen LogP contribution in [0.5, 0.6) is 0 Å². The van der Waals surface area contributed by atoms with E-state index in [2.05, 4.69) is 30.9 Å². The van der Waals surface area contributed by atoms with Crippen LogP contribution in [0.15, 0.2) is 116 Å². The molecule has 8 aliphatic rings. The summed E-state index contributed by atoms with van der Waals surface area (Å²) in [6.07, 6.45) is 16.4. The molecule has 0 radical (unpaired) electrons. The van der Waals surface area contributed by atoms with Crippen molar-refractivity contribution in [3.63, 3.8) is 0 Å². The molecule has 4 aliphatic heterocycles. The lowest BCUT2D eigenvalue weighted by Crippen LogP contribution is -2.52. The average Bonchev–Trinajstić information content (AvgIpc) is 4.20. The number of amides is 6. The number of halogens is 2. The number of nitrogens with one attached hydrogen (secondary N) is 3. The smallest absolute Gasteiger partial charge is 0.258 e. The highest BCUT2D eigenvalue weighted by Gasteiger charge is 2.62. The fraction of sp³-hybridized carbons (Fsp3) is 0.316. The van der Waals surface area contributed by atoms with Gasteiger partial charge in [-0.15, -0.1) is 0 Å². The van der Waals surface area contributed by atoms with Gasteiger partial charge in [0.05, 0.1) is 74.9 Å². The van der Waals surface area contributed by atoms with Gasteiger partial charge in [-0.05, 0) is 143 Å². The number of carbonyl (C=O) groups excluding carboxylic acids is 6. The highest BCUT2D eigenvalue weighted by molar-refractivity contribution is 6.34. The second kappa shape index (κ2) is 18.2. The van der Waals surface area contributed by atoms with E-state index in [1.807, 2.05) is 77.1 Å². The van der Waals surface area contributed by atoms with Gasteiger partial charge in [-0.2, -0.15) is 0 Å². The number of fused-ring (bicyclic) bond motifs is 5. The van der Waals surface area contributed by atoms with E-state index in [9.17, 15) is 33.2 Å².